The SMILES string of the molecule is CC(=O)NCCNC(=O)C1CCCN(S(=O)(=O)c2ccc(Br)s2)C1. The topological polar surface area (TPSA) is 95.6 Å². The second kappa shape index (κ2) is 8.41. The average molecular weight is 438 g/mol. The van der Waals surface area contributed by atoms with Gasteiger partial charge in [0.2, 0.25) is 11.8 Å². The molecule has 0 aromatic carbocycles. The van der Waals surface area contributed by atoms with Gasteiger partial charge in [0, 0.05) is 33.1 Å². The largest absolute Gasteiger partial charge is 0.355 e. The maximum Gasteiger partial charge on any atom is 0.252 e. The number of carbonyl (C=O) groups is 2. The molecule has 1 aliphatic heterocycles. The highest BCUT2D eigenvalue weighted by molar-refractivity contribution is 9.11. The van der Waals surface area contributed by atoms with Gasteiger partial charge in [-0.25, -0.2) is 8.42 Å². The molecule has 0 spiro atoms. The fraction of sp³-hybridized carbons (Fsp3) is 0.571. The van der Waals surface area contributed by atoms with Crippen LogP contribution in [0.3, 0.4) is 0 Å². The van der Waals surface area contributed by atoms with Crippen LogP contribution in [-0.2, 0) is 19.6 Å². The van der Waals surface area contributed by atoms with Crippen LogP contribution in [0.2, 0.25) is 0 Å². The monoisotopic (exact) mass is 437 g/mol. The summed E-state index contributed by atoms with van der Waals surface area (Å²) in [4.78, 5) is 23.0. The second-order valence-corrected chi connectivity index (χ2v) is 10.2. The Kier molecular flexibility index (Phi) is 6.79. The highest BCUT2D eigenvalue weighted by Gasteiger charge is 2.33. The zero-order chi connectivity index (χ0) is 17.7. The highest BCUT2D eigenvalue weighted by atomic mass is 79.9. The third-order valence-electron chi connectivity index (χ3n) is 3.70. The number of nitrogens with one attached hydrogen (secondary N) is 2. The number of rotatable bonds is 6. The lowest BCUT2D eigenvalue weighted by Crippen LogP contribution is -2.46. The van der Waals surface area contributed by atoms with Gasteiger partial charge in [-0.3, -0.25) is 9.59 Å². The minimum Gasteiger partial charge on any atom is -0.355 e. The quantitative estimate of drug-likeness (QED) is 0.652. The third-order valence-corrected chi connectivity index (χ3v) is 7.65. The summed E-state index contributed by atoms with van der Waals surface area (Å²) in [6.07, 6.45) is 1.31. The van der Waals surface area contributed by atoms with Crippen LogP contribution in [0.25, 0.3) is 0 Å². The molecule has 24 heavy (non-hydrogen) atoms. The molecular formula is C14H20BrN3O4S2. The fourth-order valence-corrected chi connectivity index (χ4v) is 6.19. The van der Waals surface area contributed by atoms with Crippen molar-refractivity contribution in [2.24, 2.45) is 5.92 Å². The molecule has 134 valence electrons. The zero-order valence-electron chi connectivity index (χ0n) is 13.2. The summed E-state index contributed by atoms with van der Waals surface area (Å²) in [6, 6.07) is 3.27. The summed E-state index contributed by atoms with van der Waals surface area (Å²) in [5.74, 6) is -0.692. The van der Waals surface area contributed by atoms with Crippen LogP contribution in [-0.4, -0.2) is 50.7 Å². The van der Waals surface area contributed by atoms with Gasteiger partial charge in [-0.05, 0) is 40.9 Å². The second-order valence-electron chi connectivity index (χ2n) is 5.53. The first-order valence-electron chi connectivity index (χ1n) is 7.58. The predicted molar refractivity (Wildman–Crippen MR) is 95.2 cm³/mol. The van der Waals surface area contributed by atoms with Crippen LogP contribution in [0.1, 0.15) is 19.8 Å². The number of thiophene rings is 1. The van der Waals surface area contributed by atoms with Crippen LogP contribution in [0.5, 0.6) is 0 Å². The molecule has 2 N–H and O–H groups in total. The number of amides is 2. The molecule has 1 aliphatic rings. The molecular weight excluding hydrogens is 418 g/mol. The summed E-state index contributed by atoms with van der Waals surface area (Å²) in [6.45, 7) is 2.71. The van der Waals surface area contributed by atoms with Crippen molar-refractivity contribution in [3.8, 4) is 0 Å². The number of nitrogens with zero attached hydrogens (tertiary/aromatic N) is 1. The molecule has 2 rings (SSSR count). The van der Waals surface area contributed by atoms with E-state index in [1.807, 2.05) is 0 Å². The standard InChI is InChI=1S/C14H20BrN3O4S2/c1-10(19)16-6-7-17-14(20)11-3-2-8-18(9-11)24(21,22)13-5-4-12(15)23-13/h4-5,11H,2-3,6-9H2,1H3,(H,16,19)(H,17,20). The van der Waals surface area contributed by atoms with Gasteiger partial charge in [0.05, 0.1) is 9.70 Å². The summed E-state index contributed by atoms with van der Waals surface area (Å²) in [7, 11) is -3.56. The van der Waals surface area contributed by atoms with E-state index in [0.29, 0.717) is 32.5 Å². The van der Waals surface area contributed by atoms with Crippen molar-refractivity contribution in [2.75, 3.05) is 26.2 Å². The minimum atomic E-state index is -3.56. The van der Waals surface area contributed by atoms with Crippen molar-refractivity contribution in [3.63, 3.8) is 0 Å². The Morgan fingerprint density at radius 3 is 2.67 bits per heavy atom. The Labute approximate surface area is 154 Å². The predicted octanol–water partition coefficient (Wildman–Crippen LogP) is 1.16. The molecule has 0 saturated carbocycles. The summed E-state index contributed by atoms with van der Waals surface area (Å²) in [5, 5.41) is 5.34. The fourth-order valence-electron chi connectivity index (χ4n) is 2.51. The maximum absolute atomic E-state index is 12.6. The Balaban J connectivity index is 1.93. The van der Waals surface area contributed by atoms with Crippen LogP contribution < -0.4 is 10.6 Å². The Morgan fingerprint density at radius 2 is 2.04 bits per heavy atom. The molecule has 2 heterocycles. The maximum atomic E-state index is 12.6. The van der Waals surface area contributed by atoms with Crippen LogP contribution in [0, 0.1) is 5.92 Å². The first kappa shape index (κ1) is 19.4. The van der Waals surface area contributed by atoms with Gasteiger partial charge in [-0.1, -0.05) is 0 Å². The molecule has 1 saturated heterocycles. The molecule has 0 aliphatic carbocycles. The molecule has 1 aromatic rings. The lowest BCUT2D eigenvalue weighted by atomic mass is 9.99. The first-order valence-corrected chi connectivity index (χ1v) is 10.6. The lowest BCUT2D eigenvalue weighted by Gasteiger charge is -2.30. The average Bonchev–Trinajstić information content (AvgIpc) is 2.98. The van der Waals surface area contributed by atoms with Gasteiger partial charge < -0.3 is 10.6 Å². The number of carbonyl (C=O) groups excluding carboxylic acids is 2. The normalized spacial score (nSPS) is 19.0. The molecule has 2 amide bonds. The highest BCUT2D eigenvalue weighted by Crippen LogP contribution is 2.30. The lowest BCUT2D eigenvalue weighted by molar-refractivity contribution is -0.126. The van der Waals surface area contributed by atoms with Crippen molar-refractivity contribution in [2.45, 2.75) is 24.0 Å². The van der Waals surface area contributed by atoms with E-state index in [0.717, 1.165) is 15.1 Å². The van der Waals surface area contributed by atoms with E-state index in [9.17, 15) is 18.0 Å². The number of sulfonamides is 1. The van der Waals surface area contributed by atoms with Crippen molar-refractivity contribution < 1.29 is 18.0 Å². The van der Waals surface area contributed by atoms with Gasteiger partial charge >= 0.3 is 0 Å². The molecule has 0 bridgehead atoms. The van der Waals surface area contributed by atoms with Crippen molar-refractivity contribution in [1.82, 2.24) is 14.9 Å². The summed E-state index contributed by atoms with van der Waals surface area (Å²) >= 11 is 4.43. The molecule has 1 fully saturated rings. The minimum absolute atomic E-state index is 0.152. The van der Waals surface area contributed by atoms with Gasteiger partial charge in [-0.2, -0.15) is 4.31 Å². The Morgan fingerprint density at radius 1 is 1.33 bits per heavy atom. The number of piperidine rings is 1. The third kappa shape index (κ3) is 5.01. The Bertz CT molecular complexity index is 705. The van der Waals surface area contributed by atoms with Crippen LogP contribution in [0.4, 0.5) is 0 Å². The van der Waals surface area contributed by atoms with Gasteiger partial charge in [0.25, 0.3) is 10.0 Å². The zero-order valence-corrected chi connectivity index (χ0v) is 16.5. The van der Waals surface area contributed by atoms with Gasteiger partial charge in [0.1, 0.15) is 4.21 Å². The van der Waals surface area contributed by atoms with Crippen molar-refractivity contribution in [1.29, 1.82) is 0 Å². The molecule has 0 radical (unpaired) electrons. The van der Waals surface area contributed by atoms with Gasteiger partial charge in [-0.15, -0.1) is 11.3 Å². The van der Waals surface area contributed by atoms with Crippen LogP contribution in [0.15, 0.2) is 20.1 Å². The molecule has 1 atom stereocenters. The van der Waals surface area contributed by atoms with E-state index in [1.165, 1.54) is 11.2 Å². The van der Waals surface area contributed by atoms with E-state index in [2.05, 4.69) is 26.6 Å². The number of hydrogen-bond acceptors (Lipinski definition) is 5. The van der Waals surface area contributed by atoms with Crippen LogP contribution >= 0.6 is 27.3 Å². The molecule has 10 heteroatoms. The molecule has 1 unspecified atom stereocenters. The van der Waals surface area contributed by atoms with E-state index in [1.54, 1.807) is 12.1 Å². The molecule has 1 aromatic heterocycles. The van der Waals surface area contributed by atoms with E-state index in [4.69, 9.17) is 0 Å². The van der Waals surface area contributed by atoms with E-state index in [-0.39, 0.29) is 28.5 Å². The summed E-state index contributed by atoms with van der Waals surface area (Å²) in [5.41, 5.74) is 0. The Hall–Kier alpha value is -0.970. The smallest absolute Gasteiger partial charge is 0.252 e. The van der Waals surface area contributed by atoms with E-state index >= 15 is 0 Å². The number of hydrogen-bond donors (Lipinski definition) is 2. The van der Waals surface area contributed by atoms with Crippen molar-refractivity contribution in [3.05, 3.63) is 15.9 Å². The first-order chi connectivity index (χ1) is 11.3. The number of halogens is 1. The molecule has 7 nitrogen and oxygen atoms in total. The van der Waals surface area contributed by atoms with Gasteiger partial charge in [0.15, 0.2) is 0 Å². The van der Waals surface area contributed by atoms with E-state index < -0.39 is 10.0 Å². The van der Waals surface area contributed by atoms with Crippen molar-refractivity contribution >= 4 is 49.1 Å². The summed E-state index contributed by atoms with van der Waals surface area (Å²) < 4.78 is 27.7.